The first-order valence-corrected chi connectivity index (χ1v) is 7.86. The second kappa shape index (κ2) is 6.16. The Morgan fingerprint density at radius 3 is 2.76 bits per heavy atom. The molecular formula is C17H24N2O2. The molecule has 4 nitrogen and oxygen atoms in total. The number of carbonyl (C=O) groups excluding carboxylic acids is 1. The van der Waals surface area contributed by atoms with Gasteiger partial charge in [-0.3, -0.25) is 4.79 Å². The Morgan fingerprint density at radius 1 is 1.29 bits per heavy atom. The molecule has 1 N–H and O–H groups in total. The number of anilines is 1. The summed E-state index contributed by atoms with van der Waals surface area (Å²) in [7, 11) is 1.86. The summed E-state index contributed by atoms with van der Waals surface area (Å²) in [5.41, 5.74) is 2.27. The second-order valence-corrected chi connectivity index (χ2v) is 6.17. The number of ether oxygens (including phenoxy) is 1. The van der Waals surface area contributed by atoms with E-state index < -0.39 is 0 Å². The Balaban J connectivity index is 1.76. The molecule has 4 heteroatoms. The molecule has 21 heavy (non-hydrogen) atoms. The molecule has 1 aromatic rings. The van der Waals surface area contributed by atoms with Gasteiger partial charge in [0.15, 0.2) is 0 Å². The highest BCUT2D eigenvalue weighted by atomic mass is 16.5. The number of benzene rings is 1. The van der Waals surface area contributed by atoms with Crippen molar-refractivity contribution in [2.24, 2.45) is 5.92 Å². The maximum atomic E-state index is 12.2. The number of nitrogens with zero attached hydrogens (tertiary/aromatic N) is 1. The topological polar surface area (TPSA) is 41.6 Å². The molecule has 2 aliphatic heterocycles. The third kappa shape index (κ3) is 2.97. The fourth-order valence-electron chi connectivity index (χ4n) is 3.46. The number of hydrogen-bond acceptors (Lipinski definition) is 3. The van der Waals surface area contributed by atoms with E-state index in [-0.39, 0.29) is 11.9 Å². The number of fused-ring (bicyclic) bond motifs is 1. The number of carbonyl (C=O) groups is 1. The van der Waals surface area contributed by atoms with Crippen LogP contribution in [0, 0.1) is 5.92 Å². The minimum Gasteiger partial charge on any atom is -0.381 e. The van der Waals surface area contributed by atoms with Crippen molar-refractivity contribution < 1.29 is 9.53 Å². The van der Waals surface area contributed by atoms with Crippen molar-refractivity contribution in [3.05, 3.63) is 29.8 Å². The Morgan fingerprint density at radius 2 is 2.00 bits per heavy atom. The van der Waals surface area contributed by atoms with Crippen LogP contribution >= 0.6 is 0 Å². The van der Waals surface area contributed by atoms with Crippen LogP contribution in [0.25, 0.3) is 0 Å². The number of para-hydroxylation sites is 1. The van der Waals surface area contributed by atoms with E-state index in [9.17, 15) is 4.79 Å². The number of hydrogen-bond donors (Lipinski definition) is 1. The Bertz CT molecular complexity index is 511. The van der Waals surface area contributed by atoms with E-state index in [0.29, 0.717) is 18.4 Å². The SMILES string of the molecule is CC(NC1CC(=O)N(C)c2ccccc21)C1CCOCC1. The average molecular weight is 288 g/mol. The van der Waals surface area contributed by atoms with Crippen LogP contribution in [0.4, 0.5) is 5.69 Å². The lowest BCUT2D eigenvalue weighted by atomic mass is 9.90. The standard InChI is InChI=1S/C17H24N2O2/c1-12(13-7-9-21-10-8-13)18-15-11-17(20)19(2)16-6-4-3-5-14(15)16/h3-6,12-13,15,18H,7-11H2,1-2H3. The van der Waals surface area contributed by atoms with Gasteiger partial charge in [0.05, 0.1) is 0 Å². The maximum Gasteiger partial charge on any atom is 0.228 e. The van der Waals surface area contributed by atoms with Gasteiger partial charge in [-0.05, 0) is 37.3 Å². The number of amides is 1. The summed E-state index contributed by atoms with van der Waals surface area (Å²) in [4.78, 5) is 14.0. The lowest BCUT2D eigenvalue weighted by molar-refractivity contribution is -0.119. The highest BCUT2D eigenvalue weighted by molar-refractivity contribution is 5.96. The summed E-state index contributed by atoms with van der Waals surface area (Å²) in [5.74, 6) is 0.825. The van der Waals surface area contributed by atoms with Crippen molar-refractivity contribution in [2.75, 3.05) is 25.2 Å². The molecule has 3 rings (SSSR count). The molecular weight excluding hydrogens is 264 g/mol. The van der Waals surface area contributed by atoms with Gasteiger partial charge in [-0.25, -0.2) is 0 Å². The van der Waals surface area contributed by atoms with Crippen molar-refractivity contribution in [1.29, 1.82) is 0 Å². The van der Waals surface area contributed by atoms with E-state index in [1.54, 1.807) is 4.90 Å². The zero-order valence-corrected chi connectivity index (χ0v) is 12.8. The monoisotopic (exact) mass is 288 g/mol. The van der Waals surface area contributed by atoms with Crippen LogP contribution in [-0.4, -0.2) is 32.2 Å². The minimum absolute atomic E-state index is 0.128. The zero-order valence-electron chi connectivity index (χ0n) is 12.8. The largest absolute Gasteiger partial charge is 0.381 e. The molecule has 1 fully saturated rings. The van der Waals surface area contributed by atoms with Crippen molar-refractivity contribution >= 4 is 11.6 Å². The Hall–Kier alpha value is -1.39. The van der Waals surface area contributed by atoms with Crippen LogP contribution in [0.3, 0.4) is 0 Å². The van der Waals surface area contributed by atoms with Gasteiger partial charge in [-0.2, -0.15) is 0 Å². The van der Waals surface area contributed by atoms with Crippen molar-refractivity contribution in [3.63, 3.8) is 0 Å². The van der Waals surface area contributed by atoms with E-state index in [2.05, 4.69) is 24.4 Å². The van der Waals surface area contributed by atoms with Gasteiger partial charge < -0.3 is 15.0 Å². The fourth-order valence-corrected chi connectivity index (χ4v) is 3.46. The molecule has 2 aliphatic rings. The minimum atomic E-state index is 0.128. The molecule has 0 aromatic heterocycles. The molecule has 0 saturated carbocycles. The van der Waals surface area contributed by atoms with Crippen molar-refractivity contribution in [1.82, 2.24) is 5.32 Å². The van der Waals surface area contributed by atoms with Crippen LogP contribution < -0.4 is 10.2 Å². The van der Waals surface area contributed by atoms with Gasteiger partial charge in [0.2, 0.25) is 5.91 Å². The van der Waals surface area contributed by atoms with Crippen LogP contribution in [-0.2, 0) is 9.53 Å². The third-order valence-corrected chi connectivity index (χ3v) is 4.86. The zero-order chi connectivity index (χ0) is 14.8. The van der Waals surface area contributed by atoms with E-state index in [1.165, 1.54) is 5.56 Å². The highest BCUT2D eigenvalue weighted by Gasteiger charge is 2.31. The quantitative estimate of drug-likeness (QED) is 0.929. The summed E-state index contributed by atoms with van der Waals surface area (Å²) >= 11 is 0. The molecule has 0 bridgehead atoms. The molecule has 2 atom stereocenters. The van der Waals surface area contributed by atoms with Crippen LogP contribution in [0.5, 0.6) is 0 Å². The van der Waals surface area contributed by atoms with Crippen LogP contribution in [0.2, 0.25) is 0 Å². The summed E-state index contributed by atoms with van der Waals surface area (Å²) < 4.78 is 5.44. The molecule has 0 radical (unpaired) electrons. The number of rotatable bonds is 3. The van der Waals surface area contributed by atoms with Gasteiger partial charge in [-0.1, -0.05) is 18.2 Å². The third-order valence-electron chi connectivity index (χ3n) is 4.86. The van der Waals surface area contributed by atoms with Crippen molar-refractivity contribution in [2.45, 2.75) is 38.3 Å². The van der Waals surface area contributed by atoms with Gasteiger partial charge >= 0.3 is 0 Å². The summed E-state index contributed by atoms with van der Waals surface area (Å²) in [6.07, 6.45) is 2.76. The number of nitrogens with one attached hydrogen (secondary N) is 1. The smallest absolute Gasteiger partial charge is 0.228 e. The molecule has 1 aromatic carbocycles. The first-order valence-electron chi connectivity index (χ1n) is 7.86. The first kappa shape index (κ1) is 14.5. The lowest BCUT2D eigenvalue weighted by Gasteiger charge is -2.36. The van der Waals surface area contributed by atoms with Gasteiger partial charge in [-0.15, -0.1) is 0 Å². The predicted octanol–water partition coefficient (Wildman–Crippen LogP) is 2.50. The Labute approximate surface area is 126 Å². The first-order chi connectivity index (χ1) is 10.2. The van der Waals surface area contributed by atoms with Gasteiger partial charge in [0.25, 0.3) is 0 Å². The molecule has 1 saturated heterocycles. The average Bonchev–Trinajstić information content (AvgIpc) is 2.53. The summed E-state index contributed by atoms with van der Waals surface area (Å²) in [6.45, 7) is 3.96. The normalized spacial score (nSPS) is 24.8. The van der Waals surface area contributed by atoms with E-state index in [1.807, 2.05) is 19.2 Å². The summed E-state index contributed by atoms with van der Waals surface area (Å²) in [5, 5.41) is 3.69. The molecule has 1 amide bonds. The summed E-state index contributed by atoms with van der Waals surface area (Å²) in [6, 6.07) is 8.74. The molecule has 0 spiro atoms. The molecule has 2 heterocycles. The lowest BCUT2D eigenvalue weighted by Crippen LogP contribution is -2.43. The highest BCUT2D eigenvalue weighted by Crippen LogP contribution is 2.34. The predicted molar refractivity (Wildman–Crippen MR) is 83.4 cm³/mol. The molecule has 0 aliphatic carbocycles. The van der Waals surface area contributed by atoms with E-state index >= 15 is 0 Å². The van der Waals surface area contributed by atoms with Crippen LogP contribution in [0.15, 0.2) is 24.3 Å². The Kier molecular flexibility index (Phi) is 4.27. The van der Waals surface area contributed by atoms with Crippen LogP contribution in [0.1, 0.15) is 37.8 Å². The van der Waals surface area contributed by atoms with Gasteiger partial charge in [0.1, 0.15) is 0 Å². The molecule has 2 unspecified atom stereocenters. The van der Waals surface area contributed by atoms with Gasteiger partial charge in [0, 0.05) is 44.5 Å². The molecule has 114 valence electrons. The van der Waals surface area contributed by atoms with E-state index in [4.69, 9.17) is 4.74 Å². The maximum absolute atomic E-state index is 12.2. The van der Waals surface area contributed by atoms with Crippen molar-refractivity contribution in [3.8, 4) is 0 Å². The second-order valence-electron chi connectivity index (χ2n) is 6.17. The van der Waals surface area contributed by atoms with E-state index in [0.717, 1.165) is 31.7 Å². The fraction of sp³-hybridized carbons (Fsp3) is 0.588.